The number of ether oxygens (including phenoxy) is 1. The van der Waals surface area contributed by atoms with Crippen molar-refractivity contribution in [1.29, 1.82) is 0 Å². The van der Waals surface area contributed by atoms with Gasteiger partial charge in [-0.1, -0.05) is 5.16 Å². The van der Waals surface area contributed by atoms with Gasteiger partial charge in [-0.05, 0) is 52.0 Å². The van der Waals surface area contributed by atoms with Crippen LogP contribution in [-0.4, -0.2) is 44.6 Å². The average Bonchev–Trinajstić information content (AvgIpc) is 3.00. The van der Waals surface area contributed by atoms with E-state index >= 15 is 0 Å². The van der Waals surface area contributed by atoms with Gasteiger partial charge in [0.2, 0.25) is 15.9 Å². The van der Waals surface area contributed by atoms with Crippen LogP contribution >= 0.6 is 0 Å². The van der Waals surface area contributed by atoms with E-state index in [1.54, 1.807) is 24.3 Å². The van der Waals surface area contributed by atoms with E-state index in [1.165, 1.54) is 20.8 Å². The minimum atomic E-state index is -3.97. The maximum Gasteiger partial charge on any atom is 0.257 e. The van der Waals surface area contributed by atoms with E-state index in [9.17, 15) is 18.0 Å². The standard InChI is InChI=1S/C18H24N4O6S/c1-5-19-16(23)10-27-15-8-6-14(7-9-15)20-18(24)12(3)22-29(25,26)17-11(2)21-28-13(17)4/h6-9,12,22H,5,10H2,1-4H3,(H,19,23)(H,20,24)/t12-/m0/s1. The highest BCUT2D eigenvalue weighted by atomic mass is 32.2. The highest BCUT2D eigenvalue weighted by Gasteiger charge is 2.28. The lowest BCUT2D eigenvalue weighted by Crippen LogP contribution is -2.41. The molecule has 158 valence electrons. The Hall–Kier alpha value is -2.92. The molecule has 0 fully saturated rings. The smallest absolute Gasteiger partial charge is 0.257 e. The molecular weight excluding hydrogens is 400 g/mol. The van der Waals surface area contributed by atoms with Crippen molar-refractivity contribution in [2.45, 2.75) is 38.6 Å². The predicted octanol–water partition coefficient (Wildman–Crippen LogP) is 1.11. The van der Waals surface area contributed by atoms with Crippen LogP contribution in [0, 0.1) is 13.8 Å². The maximum atomic E-state index is 12.5. The molecule has 0 bridgehead atoms. The molecule has 0 radical (unpaired) electrons. The molecule has 2 aromatic rings. The summed E-state index contributed by atoms with van der Waals surface area (Å²) < 4.78 is 37.5. The van der Waals surface area contributed by atoms with Crippen LogP contribution in [0.4, 0.5) is 5.69 Å². The number of carbonyl (C=O) groups is 2. The number of amides is 2. The van der Waals surface area contributed by atoms with Gasteiger partial charge in [-0.25, -0.2) is 8.42 Å². The second-order valence-electron chi connectivity index (χ2n) is 6.25. The summed E-state index contributed by atoms with van der Waals surface area (Å²) in [6.07, 6.45) is 0. The van der Waals surface area contributed by atoms with Gasteiger partial charge >= 0.3 is 0 Å². The fourth-order valence-corrected chi connectivity index (χ4v) is 4.02. The third-order valence-corrected chi connectivity index (χ3v) is 5.61. The maximum absolute atomic E-state index is 12.5. The van der Waals surface area contributed by atoms with Gasteiger partial charge in [-0.15, -0.1) is 0 Å². The van der Waals surface area contributed by atoms with Crippen molar-refractivity contribution >= 4 is 27.5 Å². The van der Waals surface area contributed by atoms with Crippen LogP contribution in [0.5, 0.6) is 5.75 Å². The predicted molar refractivity (Wildman–Crippen MR) is 105 cm³/mol. The van der Waals surface area contributed by atoms with Gasteiger partial charge in [-0.3, -0.25) is 9.59 Å². The van der Waals surface area contributed by atoms with Crippen molar-refractivity contribution in [2.75, 3.05) is 18.5 Å². The molecule has 0 saturated heterocycles. The van der Waals surface area contributed by atoms with Crippen LogP contribution in [0.25, 0.3) is 0 Å². The number of aromatic nitrogens is 1. The lowest BCUT2D eigenvalue weighted by molar-refractivity contribution is -0.123. The topological polar surface area (TPSA) is 140 Å². The number of likely N-dealkylation sites (N-methyl/N-ethyl adjacent to an activating group) is 1. The monoisotopic (exact) mass is 424 g/mol. The van der Waals surface area contributed by atoms with E-state index in [1.807, 2.05) is 6.92 Å². The van der Waals surface area contributed by atoms with Gasteiger partial charge in [0.25, 0.3) is 5.91 Å². The molecule has 2 rings (SSSR count). The summed E-state index contributed by atoms with van der Waals surface area (Å²) in [7, 11) is -3.97. The molecule has 3 N–H and O–H groups in total. The largest absolute Gasteiger partial charge is 0.484 e. The average molecular weight is 424 g/mol. The van der Waals surface area contributed by atoms with Gasteiger partial charge in [0, 0.05) is 12.2 Å². The molecule has 29 heavy (non-hydrogen) atoms. The molecule has 0 aliphatic rings. The summed E-state index contributed by atoms with van der Waals surface area (Å²) >= 11 is 0. The molecule has 2 amide bonds. The minimum Gasteiger partial charge on any atom is -0.484 e. The van der Waals surface area contributed by atoms with E-state index in [0.717, 1.165) is 0 Å². The number of benzene rings is 1. The summed E-state index contributed by atoms with van der Waals surface area (Å²) in [5.41, 5.74) is 0.662. The Morgan fingerprint density at radius 3 is 2.41 bits per heavy atom. The zero-order chi connectivity index (χ0) is 21.6. The van der Waals surface area contributed by atoms with Gasteiger partial charge in [0.05, 0.1) is 6.04 Å². The molecule has 0 aliphatic heterocycles. The fraction of sp³-hybridized carbons (Fsp3) is 0.389. The molecule has 0 aliphatic carbocycles. The molecule has 1 aromatic heterocycles. The number of rotatable bonds is 9. The van der Waals surface area contributed by atoms with Crippen molar-refractivity contribution < 1.29 is 27.3 Å². The van der Waals surface area contributed by atoms with E-state index in [2.05, 4.69) is 20.5 Å². The van der Waals surface area contributed by atoms with Crippen LogP contribution < -0.4 is 20.1 Å². The zero-order valence-electron chi connectivity index (χ0n) is 16.6. The van der Waals surface area contributed by atoms with Crippen molar-refractivity contribution in [3.05, 3.63) is 35.7 Å². The number of nitrogens with zero attached hydrogens (tertiary/aromatic N) is 1. The van der Waals surface area contributed by atoms with E-state index < -0.39 is 22.0 Å². The molecule has 1 heterocycles. The Kier molecular flexibility index (Phi) is 7.35. The third-order valence-electron chi connectivity index (χ3n) is 3.83. The highest BCUT2D eigenvalue weighted by Crippen LogP contribution is 2.19. The van der Waals surface area contributed by atoms with E-state index in [-0.39, 0.29) is 28.9 Å². The summed E-state index contributed by atoms with van der Waals surface area (Å²) in [6, 6.07) is 5.31. The first kappa shape index (κ1) is 22.4. The van der Waals surface area contributed by atoms with Gasteiger partial charge in [0.15, 0.2) is 12.4 Å². The number of hydrogen-bond acceptors (Lipinski definition) is 7. The third kappa shape index (κ3) is 6.03. The number of nitrogens with one attached hydrogen (secondary N) is 3. The van der Waals surface area contributed by atoms with Crippen LogP contribution in [-0.2, 0) is 19.6 Å². The van der Waals surface area contributed by atoms with Crippen LogP contribution in [0.2, 0.25) is 0 Å². The normalized spacial score (nSPS) is 12.3. The fourth-order valence-electron chi connectivity index (χ4n) is 2.49. The summed E-state index contributed by atoms with van der Waals surface area (Å²) in [4.78, 5) is 23.6. The lowest BCUT2D eigenvalue weighted by atomic mass is 10.2. The summed E-state index contributed by atoms with van der Waals surface area (Å²) in [6.45, 7) is 6.63. The van der Waals surface area contributed by atoms with Gasteiger partial charge < -0.3 is 19.9 Å². The SMILES string of the molecule is CCNC(=O)COc1ccc(NC(=O)[C@H](C)NS(=O)(=O)c2c(C)noc2C)cc1. The molecule has 10 nitrogen and oxygen atoms in total. The number of anilines is 1. The molecule has 11 heteroatoms. The van der Waals surface area contributed by atoms with Crippen LogP contribution in [0.3, 0.4) is 0 Å². The Morgan fingerprint density at radius 1 is 1.21 bits per heavy atom. The molecule has 0 saturated carbocycles. The van der Waals surface area contributed by atoms with E-state index in [0.29, 0.717) is 18.0 Å². The van der Waals surface area contributed by atoms with Crippen molar-refractivity contribution in [2.24, 2.45) is 0 Å². The number of sulfonamides is 1. The highest BCUT2D eigenvalue weighted by molar-refractivity contribution is 7.89. The van der Waals surface area contributed by atoms with Crippen molar-refractivity contribution in [3.8, 4) is 5.75 Å². The van der Waals surface area contributed by atoms with Gasteiger partial charge in [-0.2, -0.15) is 4.72 Å². The second kappa shape index (κ2) is 9.52. The van der Waals surface area contributed by atoms with Gasteiger partial charge in [0.1, 0.15) is 16.3 Å². The Bertz CT molecular complexity index is 949. The first-order valence-corrected chi connectivity index (χ1v) is 10.4. The Labute approximate surface area is 169 Å². The summed E-state index contributed by atoms with van der Waals surface area (Å²) in [5, 5.41) is 8.84. The summed E-state index contributed by atoms with van der Waals surface area (Å²) in [5.74, 6) is -0.173. The number of hydrogen-bond donors (Lipinski definition) is 3. The lowest BCUT2D eigenvalue weighted by Gasteiger charge is -2.14. The zero-order valence-corrected chi connectivity index (χ0v) is 17.4. The molecular formula is C18H24N4O6S. The molecule has 1 aromatic carbocycles. The van der Waals surface area contributed by atoms with Crippen LogP contribution in [0.1, 0.15) is 25.3 Å². The number of carbonyl (C=O) groups excluding carboxylic acids is 2. The molecule has 0 unspecified atom stereocenters. The van der Waals surface area contributed by atoms with Crippen molar-refractivity contribution in [1.82, 2.24) is 15.2 Å². The van der Waals surface area contributed by atoms with Crippen LogP contribution in [0.15, 0.2) is 33.7 Å². The second-order valence-corrected chi connectivity index (χ2v) is 7.90. The first-order chi connectivity index (χ1) is 13.6. The quantitative estimate of drug-likeness (QED) is 0.548. The minimum absolute atomic E-state index is 0.0780. The Morgan fingerprint density at radius 2 is 1.86 bits per heavy atom. The molecule has 0 spiro atoms. The molecule has 1 atom stereocenters. The Balaban J connectivity index is 1.95. The first-order valence-electron chi connectivity index (χ1n) is 8.89. The number of aryl methyl sites for hydroxylation is 2. The van der Waals surface area contributed by atoms with E-state index in [4.69, 9.17) is 9.26 Å². The van der Waals surface area contributed by atoms with Crippen molar-refractivity contribution in [3.63, 3.8) is 0 Å².